The lowest BCUT2D eigenvalue weighted by Gasteiger charge is -2.19. The summed E-state index contributed by atoms with van der Waals surface area (Å²) in [5.74, 6) is 2.32. The van der Waals surface area contributed by atoms with E-state index in [2.05, 4.69) is 41.4 Å². The van der Waals surface area contributed by atoms with Crippen LogP contribution in [-0.4, -0.2) is 17.0 Å². The Balaban J connectivity index is 2.36. The van der Waals surface area contributed by atoms with Crippen LogP contribution in [0.4, 0.5) is 17.3 Å². The molecule has 1 aromatic carbocycles. The van der Waals surface area contributed by atoms with Crippen LogP contribution in [-0.2, 0) is 5.41 Å². The van der Waals surface area contributed by atoms with Crippen LogP contribution >= 0.6 is 11.6 Å². The third kappa shape index (κ3) is 3.61. The fraction of sp³-hybridized carbons (Fsp3) is 0.333. The molecule has 0 amide bonds. The fourth-order valence-electron chi connectivity index (χ4n) is 1.69. The molecule has 106 valence electrons. The first-order chi connectivity index (χ1) is 9.38. The molecule has 0 spiro atoms. The lowest BCUT2D eigenvalue weighted by atomic mass is 9.96. The summed E-state index contributed by atoms with van der Waals surface area (Å²) in [6.45, 7) is 6.26. The molecular formula is C15H19ClN4. The predicted molar refractivity (Wildman–Crippen MR) is 85.0 cm³/mol. The van der Waals surface area contributed by atoms with Crippen molar-refractivity contribution < 1.29 is 0 Å². The van der Waals surface area contributed by atoms with Gasteiger partial charge in [-0.25, -0.2) is 9.97 Å². The van der Waals surface area contributed by atoms with Crippen LogP contribution in [0.25, 0.3) is 0 Å². The van der Waals surface area contributed by atoms with Gasteiger partial charge >= 0.3 is 0 Å². The largest absolute Gasteiger partial charge is 0.373 e. The molecule has 1 aromatic heterocycles. The number of nitrogens with zero attached hydrogens (tertiary/aromatic N) is 2. The van der Waals surface area contributed by atoms with E-state index in [0.717, 1.165) is 23.1 Å². The second kappa shape index (κ2) is 5.67. The predicted octanol–water partition coefficient (Wildman–Crippen LogP) is 4.21. The summed E-state index contributed by atoms with van der Waals surface area (Å²) in [5, 5.41) is 7.01. The van der Waals surface area contributed by atoms with Gasteiger partial charge in [-0.1, -0.05) is 38.4 Å². The number of nitrogens with one attached hydrogen (secondary N) is 2. The third-order valence-electron chi connectivity index (χ3n) is 2.75. The third-order valence-corrected chi connectivity index (χ3v) is 2.99. The van der Waals surface area contributed by atoms with Crippen LogP contribution in [0.15, 0.2) is 30.3 Å². The van der Waals surface area contributed by atoms with Crippen molar-refractivity contribution in [3.8, 4) is 0 Å². The van der Waals surface area contributed by atoms with Crippen molar-refractivity contribution in [3.63, 3.8) is 0 Å². The number of aromatic nitrogens is 2. The van der Waals surface area contributed by atoms with Crippen LogP contribution < -0.4 is 10.6 Å². The molecular weight excluding hydrogens is 272 g/mol. The smallest absolute Gasteiger partial charge is 0.138 e. The maximum atomic E-state index is 5.99. The maximum absolute atomic E-state index is 5.99. The summed E-state index contributed by atoms with van der Waals surface area (Å²) in [6, 6.07) is 9.42. The Hall–Kier alpha value is -1.81. The molecule has 2 aromatic rings. The van der Waals surface area contributed by atoms with Crippen LogP contribution in [0, 0.1) is 0 Å². The highest BCUT2D eigenvalue weighted by Gasteiger charge is 2.19. The minimum Gasteiger partial charge on any atom is -0.373 e. The monoisotopic (exact) mass is 290 g/mol. The molecule has 0 fully saturated rings. The molecule has 0 bridgehead atoms. The van der Waals surface area contributed by atoms with Crippen molar-refractivity contribution in [2.75, 3.05) is 17.7 Å². The van der Waals surface area contributed by atoms with Crippen molar-refractivity contribution >= 4 is 28.9 Å². The van der Waals surface area contributed by atoms with Crippen LogP contribution in [0.3, 0.4) is 0 Å². The zero-order valence-corrected chi connectivity index (χ0v) is 12.9. The van der Waals surface area contributed by atoms with Crippen molar-refractivity contribution in [1.82, 2.24) is 9.97 Å². The average molecular weight is 291 g/mol. The van der Waals surface area contributed by atoms with Crippen LogP contribution in [0.5, 0.6) is 0 Å². The van der Waals surface area contributed by atoms with E-state index in [0.29, 0.717) is 5.02 Å². The number of rotatable bonds is 3. The summed E-state index contributed by atoms with van der Waals surface area (Å²) in [4.78, 5) is 9.07. The van der Waals surface area contributed by atoms with Gasteiger partial charge in [0.25, 0.3) is 0 Å². The summed E-state index contributed by atoms with van der Waals surface area (Å²) < 4.78 is 0. The van der Waals surface area contributed by atoms with E-state index in [1.165, 1.54) is 0 Å². The van der Waals surface area contributed by atoms with E-state index >= 15 is 0 Å². The van der Waals surface area contributed by atoms with Crippen molar-refractivity contribution in [2.45, 2.75) is 26.2 Å². The van der Waals surface area contributed by atoms with Gasteiger partial charge in [-0.15, -0.1) is 0 Å². The highest BCUT2D eigenvalue weighted by molar-refractivity contribution is 6.30. The topological polar surface area (TPSA) is 49.8 Å². The number of anilines is 3. The van der Waals surface area contributed by atoms with E-state index in [-0.39, 0.29) is 5.41 Å². The summed E-state index contributed by atoms with van der Waals surface area (Å²) in [6.07, 6.45) is 0. The molecule has 5 heteroatoms. The standard InChI is InChI=1S/C15H19ClN4/c1-15(2,3)14-19-12(17-4)9-13(20-14)18-11-7-5-6-10(16)8-11/h5-9H,1-4H3,(H2,17,18,19,20). The first kappa shape index (κ1) is 14.6. The van der Waals surface area contributed by atoms with E-state index in [9.17, 15) is 0 Å². The Morgan fingerprint density at radius 3 is 2.35 bits per heavy atom. The highest BCUT2D eigenvalue weighted by Crippen LogP contribution is 2.24. The molecule has 0 saturated heterocycles. The van der Waals surface area contributed by atoms with Crippen molar-refractivity contribution in [1.29, 1.82) is 0 Å². The zero-order chi connectivity index (χ0) is 14.8. The van der Waals surface area contributed by atoms with Gasteiger partial charge in [-0.3, -0.25) is 0 Å². The Morgan fingerprint density at radius 1 is 1.05 bits per heavy atom. The van der Waals surface area contributed by atoms with E-state index in [4.69, 9.17) is 11.6 Å². The molecule has 1 heterocycles. The van der Waals surface area contributed by atoms with Gasteiger partial charge in [0, 0.05) is 29.2 Å². The molecule has 0 aliphatic carbocycles. The molecule has 0 saturated carbocycles. The minimum atomic E-state index is -0.113. The molecule has 2 N–H and O–H groups in total. The lowest BCUT2D eigenvalue weighted by Crippen LogP contribution is -2.17. The first-order valence-corrected chi connectivity index (χ1v) is 6.86. The second-order valence-corrected chi connectivity index (χ2v) is 6.03. The van der Waals surface area contributed by atoms with Gasteiger partial charge < -0.3 is 10.6 Å². The molecule has 2 rings (SSSR count). The average Bonchev–Trinajstić information content (AvgIpc) is 2.37. The zero-order valence-electron chi connectivity index (χ0n) is 12.2. The maximum Gasteiger partial charge on any atom is 0.138 e. The summed E-state index contributed by atoms with van der Waals surface area (Å²) in [5.41, 5.74) is 0.788. The van der Waals surface area contributed by atoms with E-state index in [1.807, 2.05) is 37.4 Å². The Kier molecular flexibility index (Phi) is 4.14. The van der Waals surface area contributed by atoms with E-state index < -0.39 is 0 Å². The lowest BCUT2D eigenvalue weighted by molar-refractivity contribution is 0.547. The summed E-state index contributed by atoms with van der Waals surface area (Å²) in [7, 11) is 1.85. The SMILES string of the molecule is CNc1cc(Nc2cccc(Cl)c2)nc(C(C)(C)C)n1. The number of halogens is 1. The normalized spacial score (nSPS) is 11.2. The van der Waals surface area contributed by atoms with Gasteiger partial charge in [-0.2, -0.15) is 0 Å². The van der Waals surface area contributed by atoms with Gasteiger partial charge in [-0.05, 0) is 18.2 Å². The van der Waals surface area contributed by atoms with Gasteiger partial charge in [0.2, 0.25) is 0 Å². The van der Waals surface area contributed by atoms with Crippen LogP contribution in [0.2, 0.25) is 5.02 Å². The molecule has 4 nitrogen and oxygen atoms in total. The fourth-order valence-corrected chi connectivity index (χ4v) is 1.88. The molecule has 0 aliphatic heterocycles. The minimum absolute atomic E-state index is 0.113. The Labute approximate surface area is 124 Å². The number of benzene rings is 1. The number of hydrogen-bond acceptors (Lipinski definition) is 4. The highest BCUT2D eigenvalue weighted by atomic mass is 35.5. The molecule has 0 aliphatic rings. The Morgan fingerprint density at radius 2 is 1.75 bits per heavy atom. The molecule has 0 atom stereocenters. The van der Waals surface area contributed by atoms with Gasteiger partial charge in [0.1, 0.15) is 17.5 Å². The number of hydrogen-bond donors (Lipinski definition) is 2. The molecule has 0 radical (unpaired) electrons. The Bertz CT molecular complexity index is 605. The quantitative estimate of drug-likeness (QED) is 0.889. The van der Waals surface area contributed by atoms with Crippen LogP contribution in [0.1, 0.15) is 26.6 Å². The van der Waals surface area contributed by atoms with Crippen molar-refractivity contribution in [3.05, 3.63) is 41.2 Å². The second-order valence-electron chi connectivity index (χ2n) is 5.60. The molecule has 20 heavy (non-hydrogen) atoms. The van der Waals surface area contributed by atoms with Gasteiger partial charge in [0.15, 0.2) is 0 Å². The summed E-state index contributed by atoms with van der Waals surface area (Å²) >= 11 is 5.99. The van der Waals surface area contributed by atoms with E-state index in [1.54, 1.807) is 0 Å². The van der Waals surface area contributed by atoms with Gasteiger partial charge in [0.05, 0.1) is 0 Å². The first-order valence-electron chi connectivity index (χ1n) is 6.48. The molecule has 0 unspecified atom stereocenters. The van der Waals surface area contributed by atoms with Crippen molar-refractivity contribution in [2.24, 2.45) is 0 Å².